The summed E-state index contributed by atoms with van der Waals surface area (Å²) < 4.78 is 6.75. The number of ether oxygens (including phenoxy) is 1. The summed E-state index contributed by atoms with van der Waals surface area (Å²) >= 11 is 0. The van der Waals surface area contributed by atoms with Crippen molar-refractivity contribution in [3.8, 4) is 0 Å². The van der Waals surface area contributed by atoms with Gasteiger partial charge in [0.1, 0.15) is 0 Å². The lowest BCUT2D eigenvalue weighted by Gasteiger charge is -2.37. The molecule has 1 N–H and O–H groups in total. The first-order chi connectivity index (χ1) is 10.3. The number of hydrogen-bond donors (Lipinski definition) is 1. The van der Waals surface area contributed by atoms with E-state index >= 15 is 0 Å². The third kappa shape index (κ3) is 3.90. The van der Waals surface area contributed by atoms with Gasteiger partial charge in [0.25, 0.3) is 5.56 Å². The first-order valence-electron chi connectivity index (χ1n) is 7.90. The van der Waals surface area contributed by atoms with Crippen LogP contribution in [0.1, 0.15) is 19.3 Å². The average Bonchev–Trinajstić information content (AvgIpc) is 2.46. The lowest BCUT2D eigenvalue weighted by molar-refractivity contribution is -0.00922. The van der Waals surface area contributed by atoms with Gasteiger partial charge in [-0.1, -0.05) is 6.42 Å². The van der Waals surface area contributed by atoms with Crippen molar-refractivity contribution < 1.29 is 4.74 Å². The normalized spacial score (nSPS) is 23.9. The van der Waals surface area contributed by atoms with Gasteiger partial charge in [-0.2, -0.15) is 5.10 Å². The van der Waals surface area contributed by atoms with Crippen LogP contribution >= 0.6 is 0 Å². The molecule has 1 unspecified atom stereocenters. The van der Waals surface area contributed by atoms with Crippen LogP contribution in [-0.2, 0) is 11.3 Å². The molecule has 2 aliphatic heterocycles. The largest absolute Gasteiger partial charge is 0.378 e. The predicted molar refractivity (Wildman–Crippen MR) is 80.3 cm³/mol. The lowest BCUT2D eigenvalue weighted by atomic mass is 10.0. The van der Waals surface area contributed by atoms with Gasteiger partial charge in [-0.3, -0.25) is 9.69 Å². The molecule has 6 nitrogen and oxygen atoms in total. The third-order valence-electron chi connectivity index (χ3n) is 4.41. The molecule has 116 valence electrons. The van der Waals surface area contributed by atoms with Crippen LogP contribution in [0.15, 0.2) is 23.1 Å². The van der Waals surface area contributed by atoms with Crippen molar-refractivity contribution in [1.82, 2.24) is 20.0 Å². The fourth-order valence-corrected chi connectivity index (χ4v) is 3.02. The molecule has 1 atom stereocenters. The fourth-order valence-electron chi connectivity index (χ4n) is 3.02. The van der Waals surface area contributed by atoms with Crippen LogP contribution in [0.3, 0.4) is 0 Å². The van der Waals surface area contributed by atoms with Gasteiger partial charge in [-0.25, -0.2) is 4.68 Å². The van der Waals surface area contributed by atoms with E-state index < -0.39 is 0 Å². The van der Waals surface area contributed by atoms with Gasteiger partial charge in [0.2, 0.25) is 0 Å². The van der Waals surface area contributed by atoms with Crippen molar-refractivity contribution in [2.45, 2.75) is 37.9 Å². The summed E-state index contributed by atoms with van der Waals surface area (Å²) in [4.78, 5) is 14.2. The van der Waals surface area contributed by atoms with Crippen molar-refractivity contribution in [3.63, 3.8) is 0 Å². The molecule has 2 aliphatic rings. The average molecular weight is 292 g/mol. The third-order valence-corrected chi connectivity index (χ3v) is 4.41. The maximum Gasteiger partial charge on any atom is 0.266 e. The van der Waals surface area contributed by atoms with E-state index in [9.17, 15) is 4.79 Å². The SMILES string of the molecule is O=c1cccnn1CCN1CCCCC1CNC1COC1. The van der Waals surface area contributed by atoms with Crippen molar-refractivity contribution in [1.29, 1.82) is 0 Å². The van der Waals surface area contributed by atoms with E-state index in [1.165, 1.54) is 19.3 Å². The Morgan fingerprint density at radius 1 is 1.33 bits per heavy atom. The molecule has 0 radical (unpaired) electrons. The second-order valence-corrected chi connectivity index (χ2v) is 5.91. The number of aromatic nitrogens is 2. The van der Waals surface area contributed by atoms with Crippen molar-refractivity contribution in [3.05, 3.63) is 28.7 Å². The zero-order chi connectivity index (χ0) is 14.5. The number of hydrogen-bond acceptors (Lipinski definition) is 5. The molecule has 1 aromatic rings. The molecular weight excluding hydrogens is 268 g/mol. The zero-order valence-corrected chi connectivity index (χ0v) is 12.4. The zero-order valence-electron chi connectivity index (χ0n) is 12.4. The van der Waals surface area contributed by atoms with Crippen LogP contribution in [-0.4, -0.2) is 59.6 Å². The topological polar surface area (TPSA) is 59.4 Å². The van der Waals surface area contributed by atoms with Gasteiger partial charge in [-0.15, -0.1) is 0 Å². The molecular formula is C15H24N4O2. The number of rotatable bonds is 6. The van der Waals surface area contributed by atoms with Crippen molar-refractivity contribution >= 4 is 0 Å². The summed E-state index contributed by atoms with van der Waals surface area (Å²) in [7, 11) is 0. The van der Waals surface area contributed by atoms with E-state index in [2.05, 4.69) is 15.3 Å². The molecule has 3 heterocycles. The number of piperidine rings is 1. The molecule has 0 saturated carbocycles. The highest BCUT2D eigenvalue weighted by Crippen LogP contribution is 2.16. The molecule has 0 spiro atoms. The Kier molecular flexibility index (Phi) is 5.00. The summed E-state index contributed by atoms with van der Waals surface area (Å²) in [5.41, 5.74) is -0.0178. The fraction of sp³-hybridized carbons (Fsp3) is 0.733. The van der Waals surface area contributed by atoms with E-state index in [1.807, 2.05) is 0 Å². The number of nitrogens with zero attached hydrogens (tertiary/aromatic N) is 3. The van der Waals surface area contributed by atoms with E-state index in [4.69, 9.17) is 4.74 Å². The van der Waals surface area contributed by atoms with Gasteiger partial charge in [0, 0.05) is 31.4 Å². The molecule has 0 amide bonds. The Morgan fingerprint density at radius 2 is 2.24 bits per heavy atom. The smallest absolute Gasteiger partial charge is 0.266 e. The Labute approximate surface area is 125 Å². The summed E-state index contributed by atoms with van der Waals surface area (Å²) in [6.45, 7) is 5.39. The molecule has 1 aromatic heterocycles. The van der Waals surface area contributed by atoms with Gasteiger partial charge in [0.15, 0.2) is 0 Å². The van der Waals surface area contributed by atoms with Crippen LogP contribution in [0.5, 0.6) is 0 Å². The molecule has 2 fully saturated rings. The highest BCUT2D eigenvalue weighted by Gasteiger charge is 2.25. The molecule has 21 heavy (non-hydrogen) atoms. The van der Waals surface area contributed by atoms with Crippen molar-refractivity contribution in [2.24, 2.45) is 0 Å². The predicted octanol–water partition coefficient (Wildman–Crippen LogP) is 0.0862. The first kappa shape index (κ1) is 14.7. The lowest BCUT2D eigenvalue weighted by Crippen LogP contribution is -2.53. The van der Waals surface area contributed by atoms with Crippen molar-refractivity contribution in [2.75, 3.05) is 32.8 Å². The second kappa shape index (κ2) is 7.15. The minimum absolute atomic E-state index is 0.0178. The van der Waals surface area contributed by atoms with Crippen LogP contribution in [0, 0.1) is 0 Å². The van der Waals surface area contributed by atoms with Gasteiger partial charge in [0.05, 0.1) is 25.8 Å². The van der Waals surface area contributed by atoms with Gasteiger partial charge >= 0.3 is 0 Å². The Morgan fingerprint density at radius 3 is 3.00 bits per heavy atom. The molecule has 0 aromatic carbocycles. The maximum atomic E-state index is 11.7. The van der Waals surface area contributed by atoms with Crippen LogP contribution in [0.2, 0.25) is 0 Å². The second-order valence-electron chi connectivity index (χ2n) is 5.91. The molecule has 6 heteroatoms. The van der Waals surface area contributed by atoms with E-state index in [-0.39, 0.29) is 5.56 Å². The van der Waals surface area contributed by atoms with E-state index in [0.29, 0.717) is 18.6 Å². The Bertz CT molecular complexity index is 500. The number of nitrogens with one attached hydrogen (secondary N) is 1. The standard InChI is InChI=1S/C15H24N4O2/c20-15-5-3-6-17-19(15)9-8-18-7-2-1-4-14(18)10-16-13-11-21-12-13/h3,5-6,13-14,16H,1-2,4,7-12H2. The molecule has 0 aliphatic carbocycles. The van der Waals surface area contributed by atoms with E-state index in [0.717, 1.165) is 32.8 Å². The van der Waals surface area contributed by atoms with Gasteiger partial charge < -0.3 is 10.1 Å². The minimum atomic E-state index is -0.0178. The molecule has 2 saturated heterocycles. The Hall–Kier alpha value is -1.24. The van der Waals surface area contributed by atoms with Crippen LogP contribution in [0.4, 0.5) is 0 Å². The number of likely N-dealkylation sites (tertiary alicyclic amines) is 1. The summed E-state index contributed by atoms with van der Waals surface area (Å²) in [5, 5.41) is 7.71. The summed E-state index contributed by atoms with van der Waals surface area (Å²) in [6, 6.07) is 4.36. The highest BCUT2D eigenvalue weighted by atomic mass is 16.5. The minimum Gasteiger partial charge on any atom is -0.378 e. The monoisotopic (exact) mass is 292 g/mol. The van der Waals surface area contributed by atoms with Gasteiger partial charge in [-0.05, 0) is 25.5 Å². The quantitative estimate of drug-likeness (QED) is 0.805. The van der Waals surface area contributed by atoms with E-state index in [1.54, 1.807) is 23.0 Å². The summed E-state index contributed by atoms with van der Waals surface area (Å²) in [5.74, 6) is 0. The van der Waals surface area contributed by atoms with Crippen LogP contribution in [0.25, 0.3) is 0 Å². The highest BCUT2D eigenvalue weighted by molar-refractivity contribution is 4.86. The van der Waals surface area contributed by atoms with Crippen LogP contribution < -0.4 is 10.9 Å². The molecule has 0 bridgehead atoms. The molecule has 3 rings (SSSR count). The maximum absolute atomic E-state index is 11.7. The Balaban J connectivity index is 1.51. The summed E-state index contributed by atoms with van der Waals surface area (Å²) in [6.07, 6.45) is 5.46. The first-order valence-corrected chi connectivity index (χ1v) is 7.90.